The Morgan fingerprint density at radius 1 is 0.944 bits per heavy atom. The van der Waals surface area contributed by atoms with E-state index < -0.39 is 0 Å². The Bertz CT molecular complexity index is 617. The maximum Gasteiger partial charge on any atom is 0.136 e. The fraction of sp³-hybridized carbons (Fsp3) is 0.235. The van der Waals surface area contributed by atoms with E-state index in [9.17, 15) is 4.79 Å². The van der Waals surface area contributed by atoms with Crippen molar-refractivity contribution in [1.82, 2.24) is 0 Å². The van der Waals surface area contributed by atoms with E-state index in [0.717, 1.165) is 19.3 Å². The van der Waals surface area contributed by atoms with Crippen LogP contribution >= 0.6 is 0 Å². The number of carbonyl (C=O) groups excluding carboxylic acids is 1. The van der Waals surface area contributed by atoms with Crippen LogP contribution in [-0.4, -0.2) is 5.78 Å². The number of ketones is 1. The predicted octanol–water partition coefficient (Wildman–Crippen LogP) is 4.06. The van der Waals surface area contributed by atoms with Gasteiger partial charge in [0.2, 0.25) is 0 Å². The quantitative estimate of drug-likeness (QED) is 0.718. The summed E-state index contributed by atoms with van der Waals surface area (Å²) >= 11 is 0. The first-order valence-electron chi connectivity index (χ1n) is 6.49. The summed E-state index contributed by atoms with van der Waals surface area (Å²) in [7, 11) is 0. The molecule has 0 atom stereocenters. The van der Waals surface area contributed by atoms with Crippen molar-refractivity contribution in [2.75, 3.05) is 0 Å². The van der Waals surface area contributed by atoms with Gasteiger partial charge in [0.15, 0.2) is 0 Å². The molecule has 0 bridgehead atoms. The minimum Gasteiger partial charge on any atom is -0.299 e. The van der Waals surface area contributed by atoms with Crippen molar-refractivity contribution in [3.8, 4) is 0 Å². The summed E-state index contributed by atoms with van der Waals surface area (Å²) in [5, 5.41) is 2.63. The molecule has 1 aliphatic rings. The zero-order chi connectivity index (χ0) is 12.4. The van der Waals surface area contributed by atoms with Crippen molar-refractivity contribution < 1.29 is 4.79 Å². The smallest absolute Gasteiger partial charge is 0.136 e. The summed E-state index contributed by atoms with van der Waals surface area (Å²) < 4.78 is 0. The lowest BCUT2D eigenvalue weighted by Crippen LogP contribution is -2.05. The maximum atomic E-state index is 11.2. The summed E-state index contributed by atoms with van der Waals surface area (Å²) in [6.07, 6.45) is 5.38. The van der Waals surface area contributed by atoms with Gasteiger partial charge in [-0.25, -0.2) is 0 Å². The Morgan fingerprint density at radius 3 is 2.61 bits per heavy atom. The molecule has 0 fully saturated rings. The van der Waals surface area contributed by atoms with E-state index in [4.69, 9.17) is 0 Å². The van der Waals surface area contributed by atoms with Crippen LogP contribution in [0.4, 0.5) is 0 Å². The Balaban J connectivity index is 1.93. The van der Waals surface area contributed by atoms with Gasteiger partial charge < -0.3 is 0 Å². The number of hydrogen-bond acceptors (Lipinski definition) is 1. The average Bonchev–Trinajstić information content (AvgIpc) is 2.42. The normalized spacial score (nSPS) is 15.8. The molecule has 0 aromatic heterocycles. The number of hydrogen-bond donors (Lipinski definition) is 0. The van der Waals surface area contributed by atoms with Gasteiger partial charge in [-0.2, -0.15) is 0 Å². The number of carbonyl (C=O) groups is 1. The minimum absolute atomic E-state index is 0.372. The van der Waals surface area contributed by atoms with Crippen LogP contribution in [-0.2, 0) is 11.2 Å². The van der Waals surface area contributed by atoms with Gasteiger partial charge in [0.05, 0.1) is 0 Å². The third-order valence-electron chi connectivity index (χ3n) is 3.64. The molecule has 0 heterocycles. The molecule has 90 valence electrons. The van der Waals surface area contributed by atoms with E-state index in [1.807, 2.05) is 0 Å². The standard InChI is InChI=1S/C17H16O/c18-16-10-8-13(9-11-16)12-15-6-3-5-14-4-1-2-7-17(14)15/h1-8H,9-12H2. The lowest BCUT2D eigenvalue weighted by molar-refractivity contribution is -0.118. The van der Waals surface area contributed by atoms with E-state index in [1.165, 1.54) is 21.9 Å². The molecule has 0 amide bonds. The molecule has 2 aromatic rings. The number of rotatable bonds is 2. The predicted molar refractivity (Wildman–Crippen MR) is 74.6 cm³/mol. The molecular weight excluding hydrogens is 220 g/mol. The van der Waals surface area contributed by atoms with Gasteiger partial charge in [0, 0.05) is 12.8 Å². The zero-order valence-corrected chi connectivity index (χ0v) is 10.4. The lowest BCUT2D eigenvalue weighted by atomic mass is 9.91. The summed E-state index contributed by atoms with van der Waals surface area (Å²) in [5.74, 6) is 0.372. The highest BCUT2D eigenvalue weighted by atomic mass is 16.1. The molecule has 0 N–H and O–H groups in total. The van der Waals surface area contributed by atoms with Gasteiger partial charge >= 0.3 is 0 Å². The topological polar surface area (TPSA) is 17.1 Å². The van der Waals surface area contributed by atoms with E-state index in [-0.39, 0.29) is 0 Å². The Kier molecular flexibility index (Phi) is 2.97. The van der Waals surface area contributed by atoms with Crippen molar-refractivity contribution in [2.24, 2.45) is 0 Å². The van der Waals surface area contributed by atoms with Crippen LogP contribution in [0.1, 0.15) is 24.8 Å². The Morgan fingerprint density at radius 2 is 1.78 bits per heavy atom. The second-order valence-electron chi connectivity index (χ2n) is 4.92. The first kappa shape index (κ1) is 11.2. The molecule has 18 heavy (non-hydrogen) atoms. The third-order valence-corrected chi connectivity index (χ3v) is 3.64. The molecule has 1 nitrogen and oxygen atoms in total. The van der Waals surface area contributed by atoms with Crippen LogP contribution in [0.2, 0.25) is 0 Å². The van der Waals surface area contributed by atoms with Gasteiger partial charge in [0.25, 0.3) is 0 Å². The van der Waals surface area contributed by atoms with Crippen molar-refractivity contribution in [3.63, 3.8) is 0 Å². The van der Waals surface area contributed by atoms with Crippen LogP contribution in [0.25, 0.3) is 10.8 Å². The number of fused-ring (bicyclic) bond motifs is 1. The van der Waals surface area contributed by atoms with Crippen molar-refractivity contribution in [3.05, 3.63) is 59.7 Å². The SMILES string of the molecule is O=C1CC=C(Cc2cccc3ccccc23)CC1. The van der Waals surface area contributed by atoms with E-state index in [2.05, 4.69) is 48.5 Å². The molecule has 0 saturated carbocycles. The van der Waals surface area contributed by atoms with Gasteiger partial charge in [0.1, 0.15) is 5.78 Å². The molecule has 1 heteroatoms. The van der Waals surface area contributed by atoms with Gasteiger partial charge in [-0.3, -0.25) is 4.79 Å². The second-order valence-corrected chi connectivity index (χ2v) is 4.92. The molecule has 0 radical (unpaired) electrons. The average molecular weight is 236 g/mol. The molecule has 0 aliphatic heterocycles. The van der Waals surface area contributed by atoms with Crippen molar-refractivity contribution in [2.45, 2.75) is 25.7 Å². The van der Waals surface area contributed by atoms with Crippen molar-refractivity contribution >= 4 is 16.6 Å². The molecule has 0 saturated heterocycles. The van der Waals surface area contributed by atoms with Crippen LogP contribution in [0, 0.1) is 0 Å². The van der Waals surface area contributed by atoms with Crippen LogP contribution < -0.4 is 0 Å². The van der Waals surface area contributed by atoms with Gasteiger partial charge in [-0.1, -0.05) is 54.1 Å². The third kappa shape index (κ3) is 2.21. The van der Waals surface area contributed by atoms with Gasteiger partial charge in [-0.05, 0) is 29.2 Å². The zero-order valence-electron chi connectivity index (χ0n) is 10.4. The molecule has 2 aromatic carbocycles. The fourth-order valence-corrected chi connectivity index (χ4v) is 2.61. The lowest BCUT2D eigenvalue weighted by Gasteiger charge is -2.13. The first-order chi connectivity index (χ1) is 8.83. The Labute approximate surface area is 107 Å². The number of allylic oxidation sites excluding steroid dienone is 2. The molecular formula is C17H16O. The Hall–Kier alpha value is -1.89. The highest BCUT2D eigenvalue weighted by Crippen LogP contribution is 2.24. The van der Waals surface area contributed by atoms with E-state index in [1.54, 1.807) is 0 Å². The highest BCUT2D eigenvalue weighted by molar-refractivity contribution is 5.86. The molecule has 3 rings (SSSR count). The largest absolute Gasteiger partial charge is 0.299 e. The first-order valence-corrected chi connectivity index (χ1v) is 6.49. The van der Waals surface area contributed by atoms with Gasteiger partial charge in [-0.15, -0.1) is 0 Å². The highest BCUT2D eigenvalue weighted by Gasteiger charge is 2.11. The number of Topliss-reactive ketones (excluding diaryl/α,β-unsaturated/α-hetero) is 1. The summed E-state index contributed by atoms with van der Waals surface area (Å²) in [6, 6.07) is 15.0. The minimum atomic E-state index is 0.372. The van der Waals surface area contributed by atoms with Crippen LogP contribution in [0.15, 0.2) is 54.1 Å². The molecule has 0 spiro atoms. The fourth-order valence-electron chi connectivity index (χ4n) is 2.61. The van der Waals surface area contributed by atoms with E-state index in [0.29, 0.717) is 12.2 Å². The molecule has 1 aliphatic carbocycles. The van der Waals surface area contributed by atoms with E-state index >= 15 is 0 Å². The summed E-state index contributed by atoms with van der Waals surface area (Å²) in [4.78, 5) is 11.2. The maximum absolute atomic E-state index is 11.2. The second kappa shape index (κ2) is 4.77. The van der Waals surface area contributed by atoms with Crippen LogP contribution in [0.3, 0.4) is 0 Å². The van der Waals surface area contributed by atoms with Crippen molar-refractivity contribution in [1.29, 1.82) is 0 Å². The monoisotopic (exact) mass is 236 g/mol. The molecule has 0 unspecified atom stereocenters. The summed E-state index contributed by atoms with van der Waals surface area (Å²) in [5.41, 5.74) is 2.78. The number of benzene rings is 2. The van der Waals surface area contributed by atoms with Crippen LogP contribution in [0.5, 0.6) is 0 Å². The summed E-state index contributed by atoms with van der Waals surface area (Å²) in [6.45, 7) is 0.